The summed E-state index contributed by atoms with van der Waals surface area (Å²) in [7, 11) is -1.97. The number of nitrogens with zero attached hydrogens (tertiary/aromatic N) is 2. The average Bonchev–Trinajstić information content (AvgIpc) is 3.35. The van der Waals surface area contributed by atoms with Gasteiger partial charge in [-0.2, -0.15) is 5.26 Å². The number of nitriles is 1. The third-order valence-corrected chi connectivity index (χ3v) is 7.83. The molecule has 0 saturated heterocycles. The number of carbonyl (C=O) groups excluding carboxylic acids is 1. The molecule has 4 rings (SSSR count). The van der Waals surface area contributed by atoms with Crippen LogP contribution in [-0.2, 0) is 15.6 Å². The van der Waals surface area contributed by atoms with E-state index < -0.39 is 21.5 Å². The van der Waals surface area contributed by atoms with E-state index >= 15 is 0 Å². The Morgan fingerprint density at radius 2 is 1.79 bits per heavy atom. The van der Waals surface area contributed by atoms with E-state index in [4.69, 9.17) is 4.74 Å². The fraction of sp³-hybridized carbons (Fsp3) is 0.115. The second kappa shape index (κ2) is 10.00. The number of thiazole rings is 1. The van der Waals surface area contributed by atoms with Gasteiger partial charge in [0.2, 0.25) is 0 Å². The first-order chi connectivity index (χ1) is 16.4. The summed E-state index contributed by atoms with van der Waals surface area (Å²) in [6.07, 6.45) is 0. The Morgan fingerprint density at radius 1 is 1.06 bits per heavy atom. The van der Waals surface area contributed by atoms with Crippen molar-refractivity contribution in [3.63, 3.8) is 0 Å². The standard InChI is InChI=1S/C26H20N2O4S2/c1-32-21-12-10-19(11-13-21)24-16-33-26(28-24)23(15-27)25(29)20-7-5-6-18(14-20)17-34(30,31)22-8-3-2-4-9-22/h2-14,16,23H,17H2,1H3. The summed E-state index contributed by atoms with van der Waals surface area (Å²) < 4.78 is 30.6. The van der Waals surface area contributed by atoms with Gasteiger partial charge in [0.05, 0.1) is 29.5 Å². The molecule has 3 aromatic carbocycles. The maximum atomic E-state index is 13.2. The van der Waals surface area contributed by atoms with Gasteiger partial charge >= 0.3 is 0 Å². The van der Waals surface area contributed by atoms with E-state index in [1.54, 1.807) is 61.0 Å². The van der Waals surface area contributed by atoms with E-state index in [0.717, 1.165) is 11.3 Å². The van der Waals surface area contributed by atoms with Crippen LogP contribution >= 0.6 is 11.3 Å². The summed E-state index contributed by atoms with van der Waals surface area (Å²) >= 11 is 1.24. The molecule has 34 heavy (non-hydrogen) atoms. The Bertz CT molecular complexity index is 1450. The van der Waals surface area contributed by atoms with Crippen LogP contribution in [0.2, 0.25) is 0 Å². The Morgan fingerprint density at radius 3 is 2.47 bits per heavy atom. The molecule has 0 aliphatic rings. The molecule has 8 heteroatoms. The van der Waals surface area contributed by atoms with Crippen LogP contribution in [0.1, 0.15) is 26.8 Å². The minimum absolute atomic E-state index is 0.218. The lowest BCUT2D eigenvalue weighted by molar-refractivity contribution is 0.0978. The summed E-state index contributed by atoms with van der Waals surface area (Å²) in [6, 6.07) is 24.0. The number of ether oxygens (including phenoxy) is 1. The Balaban J connectivity index is 1.56. The minimum Gasteiger partial charge on any atom is -0.497 e. The lowest BCUT2D eigenvalue weighted by Gasteiger charge is -2.09. The van der Waals surface area contributed by atoms with Gasteiger partial charge in [0, 0.05) is 16.5 Å². The maximum Gasteiger partial charge on any atom is 0.186 e. The van der Waals surface area contributed by atoms with E-state index in [9.17, 15) is 18.5 Å². The van der Waals surface area contributed by atoms with Crippen molar-refractivity contribution >= 4 is 27.0 Å². The number of carbonyl (C=O) groups is 1. The van der Waals surface area contributed by atoms with Crippen molar-refractivity contribution in [3.8, 4) is 23.1 Å². The lowest BCUT2D eigenvalue weighted by atomic mass is 9.98. The van der Waals surface area contributed by atoms with Crippen LogP contribution in [0, 0.1) is 11.3 Å². The first-order valence-corrected chi connectivity index (χ1v) is 12.8. The fourth-order valence-corrected chi connectivity index (χ4v) is 5.68. The molecule has 0 radical (unpaired) electrons. The number of sulfone groups is 1. The van der Waals surface area contributed by atoms with E-state index in [2.05, 4.69) is 11.1 Å². The zero-order valence-electron chi connectivity index (χ0n) is 18.2. The molecular formula is C26H20N2O4S2. The number of hydrogen-bond acceptors (Lipinski definition) is 7. The SMILES string of the molecule is COc1ccc(-c2csc(C(C#N)C(=O)c3cccc(CS(=O)(=O)c4ccccc4)c3)n2)cc1. The molecule has 0 amide bonds. The second-order valence-electron chi connectivity index (χ2n) is 7.50. The van der Waals surface area contributed by atoms with Crippen molar-refractivity contribution in [1.29, 1.82) is 5.26 Å². The molecule has 1 atom stereocenters. The molecule has 1 heterocycles. The molecule has 0 fully saturated rings. The quantitative estimate of drug-likeness (QED) is 0.313. The molecule has 1 aromatic heterocycles. The van der Waals surface area contributed by atoms with Crippen LogP contribution in [0.4, 0.5) is 0 Å². The molecule has 0 spiro atoms. The first kappa shape index (κ1) is 23.4. The highest BCUT2D eigenvalue weighted by atomic mass is 32.2. The number of benzene rings is 3. The van der Waals surface area contributed by atoms with Crippen molar-refractivity contribution < 1.29 is 17.9 Å². The second-order valence-corrected chi connectivity index (χ2v) is 10.4. The van der Waals surface area contributed by atoms with E-state index in [1.807, 2.05) is 24.3 Å². The van der Waals surface area contributed by atoms with Crippen molar-refractivity contribution in [2.24, 2.45) is 0 Å². The van der Waals surface area contributed by atoms with Gasteiger partial charge in [0.15, 0.2) is 21.5 Å². The predicted octanol–water partition coefficient (Wildman–Crippen LogP) is 5.28. The Labute approximate surface area is 202 Å². The lowest BCUT2D eigenvalue weighted by Crippen LogP contribution is -2.12. The number of hydrogen-bond donors (Lipinski definition) is 0. The molecule has 0 aliphatic heterocycles. The molecule has 1 unspecified atom stereocenters. The fourth-order valence-electron chi connectivity index (χ4n) is 3.45. The number of aromatic nitrogens is 1. The molecule has 0 aliphatic carbocycles. The van der Waals surface area contributed by atoms with Crippen LogP contribution in [0.3, 0.4) is 0 Å². The van der Waals surface area contributed by atoms with Crippen molar-refractivity contribution in [1.82, 2.24) is 4.98 Å². The summed E-state index contributed by atoms with van der Waals surface area (Å²) in [6.45, 7) is 0. The van der Waals surface area contributed by atoms with E-state index in [1.165, 1.54) is 17.4 Å². The van der Waals surface area contributed by atoms with Gasteiger partial charge in [0.25, 0.3) is 0 Å². The van der Waals surface area contributed by atoms with Crippen LogP contribution in [0.15, 0.2) is 89.1 Å². The summed E-state index contributed by atoms with van der Waals surface area (Å²) in [4.78, 5) is 17.9. The monoisotopic (exact) mass is 488 g/mol. The molecular weight excluding hydrogens is 468 g/mol. The average molecular weight is 489 g/mol. The zero-order chi connectivity index (χ0) is 24.1. The number of Topliss-reactive ketones (excluding diaryl/α,β-unsaturated/α-hetero) is 1. The molecule has 0 saturated carbocycles. The molecule has 4 aromatic rings. The van der Waals surface area contributed by atoms with Crippen molar-refractivity contribution in [3.05, 3.63) is 100 Å². The van der Waals surface area contributed by atoms with Crippen LogP contribution in [-0.4, -0.2) is 26.3 Å². The normalized spacial score (nSPS) is 12.0. The minimum atomic E-state index is -3.56. The van der Waals surface area contributed by atoms with E-state index in [-0.39, 0.29) is 16.2 Å². The predicted molar refractivity (Wildman–Crippen MR) is 131 cm³/mol. The maximum absolute atomic E-state index is 13.2. The summed E-state index contributed by atoms with van der Waals surface area (Å²) in [5, 5.41) is 11.9. The van der Waals surface area contributed by atoms with Gasteiger partial charge in [0.1, 0.15) is 10.8 Å². The Hall–Kier alpha value is -3.80. The van der Waals surface area contributed by atoms with Gasteiger partial charge in [-0.1, -0.05) is 36.4 Å². The third-order valence-electron chi connectivity index (χ3n) is 5.22. The van der Waals surface area contributed by atoms with Gasteiger partial charge in [-0.3, -0.25) is 4.79 Å². The number of methoxy groups -OCH3 is 1. The highest BCUT2D eigenvalue weighted by Gasteiger charge is 2.26. The molecule has 170 valence electrons. The van der Waals surface area contributed by atoms with Gasteiger partial charge < -0.3 is 4.74 Å². The molecule has 0 bridgehead atoms. The van der Waals surface area contributed by atoms with Gasteiger partial charge in [-0.25, -0.2) is 13.4 Å². The highest BCUT2D eigenvalue weighted by molar-refractivity contribution is 7.90. The topological polar surface area (TPSA) is 97.1 Å². The zero-order valence-corrected chi connectivity index (χ0v) is 19.8. The largest absolute Gasteiger partial charge is 0.497 e. The summed E-state index contributed by atoms with van der Waals surface area (Å²) in [5.74, 6) is -1.03. The smallest absolute Gasteiger partial charge is 0.186 e. The molecule has 6 nitrogen and oxygen atoms in total. The van der Waals surface area contributed by atoms with Crippen LogP contribution < -0.4 is 4.74 Å². The van der Waals surface area contributed by atoms with Crippen molar-refractivity contribution in [2.45, 2.75) is 16.6 Å². The van der Waals surface area contributed by atoms with Crippen LogP contribution in [0.25, 0.3) is 11.3 Å². The van der Waals surface area contributed by atoms with Crippen LogP contribution in [0.5, 0.6) is 5.75 Å². The Kier molecular flexibility index (Phi) is 6.87. The number of ketones is 1. The highest BCUT2D eigenvalue weighted by Crippen LogP contribution is 2.30. The number of rotatable bonds is 8. The molecule has 0 N–H and O–H groups in total. The van der Waals surface area contributed by atoms with E-state index in [0.29, 0.717) is 16.3 Å². The first-order valence-electron chi connectivity index (χ1n) is 10.3. The third kappa shape index (κ3) is 5.06. The van der Waals surface area contributed by atoms with Crippen molar-refractivity contribution in [2.75, 3.05) is 7.11 Å². The van der Waals surface area contributed by atoms with Gasteiger partial charge in [-0.15, -0.1) is 11.3 Å². The van der Waals surface area contributed by atoms with Gasteiger partial charge in [-0.05, 0) is 48.0 Å². The summed E-state index contributed by atoms with van der Waals surface area (Å²) in [5.41, 5.74) is 2.26.